The largest absolute Gasteiger partial charge is 0.323 e. The Balaban J connectivity index is 2.99. The fourth-order valence-electron chi connectivity index (χ4n) is 1.32. The van der Waals surface area contributed by atoms with Crippen molar-refractivity contribution in [3.8, 4) is 0 Å². The number of aromatic nitrogens is 2. The van der Waals surface area contributed by atoms with E-state index in [0.29, 0.717) is 12.2 Å². The van der Waals surface area contributed by atoms with Crippen LogP contribution in [0.15, 0.2) is 6.07 Å². The van der Waals surface area contributed by atoms with E-state index in [-0.39, 0.29) is 11.7 Å². The number of alkyl halides is 2. The molecule has 0 amide bonds. The van der Waals surface area contributed by atoms with E-state index in [1.807, 2.05) is 6.92 Å². The van der Waals surface area contributed by atoms with Gasteiger partial charge in [0.1, 0.15) is 5.69 Å². The molecule has 1 rings (SSSR count). The van der Waals surface area contributed by atoms with Crippen molar-refractivity contribution in [2.75, 3.05) is 0 Å². The Morgan fingerprint density at radius 2 is 2.21 bits per heavy atom. The second kappa shape index (κ2) is 4.50. The van der Waals surface area contributed by atoms with E-state index in [1.165, 1.54) is 6.07 Å². The first-order valence-electron chi connectivity index (χ1n) is 4.67. The van der Waals surface area contributed by atoms with Gasteiger partial charge in [0.15, 0.2) is 0 Å². The first-order valence-corrected chi connectivity index (χ1v) is 4.67. The summed E-state index contributed by atoms with van der Waals surface area (Å²) in [7, 11) is 0. The molecule has 0 aliphatic carbocycles. The van der Waals surface area contributed by atoms with Crippen molar-refractivity contribution in [3.63, 3.8) is 0 Å². The molecule has 2 N–H and O–H groups in total. The fourth-order valence-corrected chi connectivity index (χ4v) is 1.32. The fraction of sp³-hybridized carbons (Fsp3) is 0.667. The molecule has 0 aliphatic rings. The normalized spacial score (nSPS) is 13.6. The minimum Gasteiger partial charge on any atom is -0.323 e. The summed E-state index contributed by atoms with van der Waals surface area (Å²) in [5, 5.41) is 3.81. The summed E-state index contributed by atoms with van der Waals surface area (Å²) in [5.74, 6) is 0. The minimum absolute atomic E-state index is 0.189. The maximum atomic E-state index is 12.3. The monoisotopic (exact) mass is 203 g/mol. The summed E-state index contributed by atoms with van der Waals surface area (Å²) in [4.78, 5) is 0. The molecule has 0 radical (unpaired) electrons. The maximum Gasteiger partial charge on any atom is 0.282 e. The Labute approximate surface area is 81.9 Å². The highest BCUT2D eigenvalue weighted by molar-refractivity contribution is 5.14. The Morgan fingerprint density at radius 3 is 2.64 bits per heavy atom. The number of aryl methyl sites for hydroxylation is 1. The second-order valence-corrected chi connectivity index (χ2v) is 3.31. The van der Waals surface area contributed by atoms with Gasteiger partial charge < -0.3 is 5.73 Å². The maximum absolute atomic E-state index is 12.3. The Bertz CT molecular complexity index is 294. The summed E-state index contributed by atoms with van der Waals surface area (Å²) >= 11 is 0. The molecule has 5 heteroatoms. The molecule has 0 aromatic carbocycles. The van der Waals surface area contributed by atoms with Crippen LogP contribution >= 0.6 is 0 Å². The quantitative estimate of drug-likeness (QED) is 0.815. The van der Waals surface area contributed by atoms with Crippen molar-refractivity contribution < 1.29 is 8.78 Å². The lowest BCUT2D eigenvalue weighted by molar-refractivity contribution is 0.145. The predicted octanol–water partition coefficient (Wildman–Crippen LogP) is 2.25. The minimum atomic E-state index is -2.52. The van der Waals surface area contributed by atoms with E-state index >= 15 is 0 Å². The third kappa shape index (κ3) is 2.29. The lowest BCUT2D eigenvalue weighted by Crippen LogP contribution is -2.13. The van der Waals surface area contributed by atoms with Gasteiger partial charge in [0.2, 0.25) is 0 Å². The smallest absolute Gasteiger partial charge is 0.282 e. The van der Waals surface area contributed by atoms with E-state index < -0.39 is 6.43 Å². The van der Waals surface area contributed by atoms with Gasteiger partial charge in [-0.2, -0.15) is 5.10 Å². The van der Waals surface area contributed by atoms with Gasteiger partial charge in [-0.15, -0.1) is 0 Å². The van der Waals surface area contributed by atoms with Crippen molar-refractivity contribution >= 4 is 0 Å². The molecule has 1 aromatic rings. The van der Waals surface area contributed by atoms with Crippen LogP contribution in [0.4, 0.5) is 8.78 Å². The SMILES string of the molecule is CCCn1nc(C(F)F)cc1[C@@H](C)N. The lowest BCUT2D eigenvalue weighted by atomic mass is 10.2. The zero-order valence-corrected chi connectivity index (χ0v) is 8.37. The third-order valence-corrected chi connectivity index (χ3v) is 1.96. The van der Waals surface area contributed by atoms with Crippen LogP contribution in [0.5, 0.6) is 0 Å². The summed E-state index contributed by atoms with van der Waals surface area (Å²) in [6, 6.07) is 1.12. The number of nitrogens with two attached hydrogens (primary N) is 1. The highest BCUT2D eigenvalue weighted by Crippen LogP contribution is 2.21. The van der Waals surface area contributed by atoms with E-state index in [2.05, 4.69) is 5.10 Å². The van der Waals surface area contributed by atoms with Gasteiger partial charge in [-0.05, 0) is 19.4 Å². The lowest BCUT2D eigenvalue weighted by Gasteiger charge is -2.07. The molecule has 0 saturated heterocycles. The van der Waals surface area contributed by atoms with Crippen molar-refractivity contribution in [2.24, 2.45) is 5.73 Å². The van der Waals surface area contributed by atoms with E-state index in [4.69, 9.17) is 5.73 Å². The van der Waals surface area contributed by atoms with Crippen LogP contribution in [0, 0.1) is 0 Å². The van der Waals surface area contributed by atoms with Crippen LogP contribution in [0.3, 0.4) is 0 Å². The van der Waals surface area contributed by atoms with Gasteiger partial charge in [-0.25, -0.2) is 8.78 Å². The van der Waals surface area contributed by atoms with E-state index in [9.17, 15) is 8.78 Å². The van der Waals surface area contributed by atoms with E-state index in [1.54, 1.807) is 11.6 Å². The topological polar surface area (TPSA) is 43.8 Å². The molecule has 1 aromatic heterocycles. The average molecular weight is 203 g/mol. The van der Waals surface area contributed by atoms with Gasteiger partial charge >= 0.3 is 0 Å². The summed E-state index contributed by atoms with van der Waals surface area (Å²) in [5.41, 5.74) is 6.13. The van der Waals surface area contributed by atoms with Gasteiger partial charge in [0.05, 0.1) is 5.69 Å². The van der Waals surface area contributed by atoms with Crippen molar-refractivity contribution in [1.29, 1.82) is 0 Å². The number of hydrogen-bond donors (Lipinski definition) is 1. The average Bonchev–Trinajstić information content (AvgIpc) is 2.49. The number of nitrogens with zero attached hydrogens (tertiary/aromatic N) is 2. The molecule has 0 fully saturated rings. The van der Waals surface area contributed by atoms with Gasteiger partial charge in [0.25, 0.3) is 6.43 Å². The molecule has 1 heterocycles. The van der Waals surface area contributed by atoms with E-state index in [0.717, 1.165) is 6.42 Å². The molecule has 3 nitrogen and oxygen atoms in total. The molecule has 14 heavy (non-hydrogen) atoms. The molecular formula is C9H15F2N3. The first-order chi connectivity index (χ1) is 6.56. The molecule has 0 saturated carbocycles. The number of hydrogen-bond acceptors (Lipinski definition) is 2. The Morgan fingerprint density at radius 1 is 1.57 bits per heavy atom. The second-order valence-electron chi connectivity index (χ2n) is 3.31. The standard InChI is InChI=1S/C9H15F2N3/c1-3-4-14-8(6(2)12)5-7(13-14)9(10)11/h5-6,9H,3-4,12H2,1-2H3/t6-/m1/s1. The molecule has 0 aliphatic heterocycles. The highest BCUT2D eigenvalue weighted by Gasteiger charge is 2.16. The summed E-state index contributed by atoms with van der Waals surface area (Å²) < 4.78 is 26.3. The molecule has 1 atom stereocenters. The summed E-state index contributed by atoms with van der Waals surface area (Å²) in [6.07, 6.45) is -1.67. The van der Waals surface area contributed by atoms with Gasteiger partial charge in [-0.3, -0.25) is 4.68 Å². The van der Waals surface area contributed by atoms with Crippen LogP contribution < -0.4 is 5.73 Å². The van der Waals surface area contributed by atoms with Crippen molar-refractivity contribution in [2.45, 2.75) is 39.3 Å². The van der Waals surface area contributed by atoms with Crippen molar-refractivity contribution in [1.82, 2.24) is 9.78 Å². The molecule has 80 valence electrons. The number of rotatable bonds is 4. The summed E-state index contributed by atoms with van der Waals surface area (Å²) in [6.45, 7) is 4.36. The Hall–Kier alpha value is -0.970. The Kier molecular flexibility index (Phi) is 3.57. The first kappa shape index (κ1) is 11.1. The zero-order valence-electron chi connectivity index (χ0n) is 8.37. The van der Waals surface area contributed by atoms with Crippen LogP contribution in [-0.4, -0.2) is 9.78 Å². The molecular weight excluding hydrogens is 188 g/mol. The molecule has 0 bridgehead atoms. The molecule has 0 spiro atoms. The molecule has 0 unspecified atom stereocenters. The van der Waals surface area contributed by atoms with Crippen LogP contribution in [0.2, 0.25) is 0 Å². The van der Waals surface area contributed by atoms with Crippen LogP contribution in [-0.2, 0) is 6.54 Å². The predicted molar refractivity (Wildman–Crippen MR) is 50.1 cm³/mol. The van der Waals surface area contributed by atoms with Gasteiger partial charge in [0, 0.05) is 12.6 Å². The third-order valence-electron chi connectivity index (χ3n) is 1.96. The zero-order chi connectivity index (χ0) is 10.7. The number of halogens is 2. The van der Waals surface area contributed by atoms with Crippen LogP contribution in [0.1, 0.15) is 44.1 Å². The highest BCUT2D eigenvalue weighted by atomic mass is 19.3. The van der Waals surface area contributed by atoms with Crippen molar-refractivity contribution in [3.05, 3.63) is 17.5 Å². The van der Waals surface area contributed by atoms with Crippen LogP contribution in [0.25, 0.3) is 0 Å². The van der Waals surface area contributed by atoms with Gasteiger partial charge in [-0.1, -0.05) is 6.92 Å².